The van der Waals surface area contributed by atoms with E-state index in [0.717, 1.165) is 5.92 Å². The van der Waals surface area contributed by atoms with Gasteiger partial charge in [0, 0.05) is 14.1 Å². The average Bonchev–Trinajstić information content (AvgIpc) is 2.13. The molecule has 0 aliphatic heterocycles. The first-order chi connectivity index (χ1) is 7.36. The van der Waals surface area contributed by atoms with E-state index in [1.54, 1.807) is 11.1 Å². The molecule has 0 saturated carbocycles. The molecule has 0 N–H and O–H groups in total. The summed E-state index contributed by atoms with van der Waals surface area (Å²) in [6, 6.07) is 0. The highest BCUT2D eigenvalue weighted by Crippen LogP contribution is 2.44. The van der Waals surface area contributed by atoms with Crippen molar-refractivity contribution in [3.05, 3.63) is 23.4 Å². The van der Waals surface area contributed by atoms with Gasteiger partial charge in [0.25, 0.3) is 0 Å². The third-order valence-corrected chi connectivity index (χ3v) is 3.53. The molecule has 0 radical (unpaired) electrons. The van der Waals surface area contributed by atoms with Crippen LogP contribution in [-0.2, 0) is 0 Å². The molecule has 1 nitrogen and oxygen atoms in total. The summed E-state index contributed by atoms with van der Waals surface area (Å²) in [5.74, 6) is 0.835. The van der Waals surface area contributed by atoms with Crippen LogP contribution in [0.1, 0.15) is 47.0 Å². The second-order valence-corrected chi connectivity index (χ2v) is 6.05. The molecule has 0 aromatic carbocycles. The normalized spacial score (nSPS) is 25.2. The van der Waals surface area contributed by atoms with Gasteiger partial charge in [0.2, 0.25) is 0 Å². The SMILES string of the molecule is CCC1=C(C=CN(C)C)C(C)(C)CC(C)C1. The van der Waals surface area contributed by atoms with E-state index in [0.29, 0.717) is 5.41 Å². The molecule has 0 bridgehead atoms. The van der Waals surface area contributed by atoms with Crippen LogP contribution in [0.5, 0.6) is 0 Å². The molecule has 1 unspecified atom stereocenters. The van der Waals surface area contributed by atoms with Crippen molar-refractivity contribution in [3.8, 4) is 0 Å². The first-order valence-corrected chi connectivity index (χ1v) is 6.44. The van der Waals surface area contributed by atoms with Crippen LogP contribution >= 0.6 is 0 Å². The third kappa shape index (κ3) is 3.13. The van der Waals surface area contributed by atoms with Gasteiger partial charge >= 0.3 is 0 Å². The monoisotopic (exact) mass is 221 g/mol. The van der Waals surface area contributed by atoms with Crippen LogP contribution < -0.4 is 0 Å². The van der Waals surface area contributed by atoms with Gasteiger partial charge in [-0.25, -0.2) is 0 Å². The van der Waals surface area contributed by atoms with E-state index in [1.165, 1.54) is 19.3 Å². The van der Waals surface area contributed by atoms with Gasteiger partial charge in [-0.3, -0.25) is 0 Å². The van der Waals surface area contributed by atoms with Gasteiger partial charge in [0.1, 0.15) is 0 Å². The highest BCUT2D eigenvalue weighted by molar-refractivity contribution is 5.33. The van der Waals surface area contributed by atoms with E-state index in [-0.39, 0.29) is 0 Å². The fourth-order valence-electron chi connectivity index (χ4n) is 2.96. The largest absolute Gasteiger partial charge is 0.383 e. The van der Waals surface area contributed by atoms with Crippen LogP contribution in [0, 0.1) is 11.3 Å². The second kappa shape index (κ2) is 5.07. The van der Waals surface area contributed by atoms with E-state index in [2.05, 4.69) is 59.0 Å². The van der Waals surface area contributed by atoms with Crippen LogP contribution in [0.2, 0.25) is 0 Å². The topological polar surface area (TPSA) is 3.24 Å². The quantitative estimate of drug-likeness (QED) is 0.689. The van der Waals surface area contributed by atoms with Crippen molar-refractivity contribution in [3.63, 3.8) is 0 Å². The van der Waals surface area contributed by atoms with E-state index < -0.39 is 0 Å². The van der Waals surface area contributed by atoms with E-state index >= 15 is 0 Å². The summed E-state index contributed by atoms with van der Waals surface area (Å²) in [5, 5.41) is 0. The lowest BCUT2D eigenvalue weighted by Gasteiger charge is -2.37. The number of nitrogens with zero attached hydrogens (tertiary/aromatic N) is 1. The lowest BCUT2D eigenvalue weighted by Crippen LogP contribution is -2.24. The van der Waals surface area contributed by atoms with Crippen LogP contribution in [0.25, 0.3) is 0 Å². The zero-order chi connectivity index (χ0) is 12.3. The second-order valence-electron chi connectivity index (χ2n) is 6.05. The summed E-state index contributed by atoms with van der Waals surface area (Å²) >= 11 is 0. The Morgan fingerprint density at radius 2 is 2.00 bits per heavy atom. The molecule has 0 saturated heterocycles. The Morgan fingerprint density at radius 3 is 2.50 bits per heavy atom. The minimum Gasteiger partial charge on any atom is -0.383 e. The number of rotatable bonds is 3. The summed E-state index contributed by atoms with van der Waals surface area (Å²) in [7, 11) is 4.17. The molecule has 0 heterocycles. The smallest absolute Gasteiger partial charge is 0.00556 e. The summed E-state index contributed by atoms with van der Waals surface area (Å²) in [6.45, 7) is 9.43. The van der Waals surface area contributed by atoms with Crippen molar-refractivity contribution < 1.29 is 0 Å². The van der Waals surface area contributed by atoms with E-state index in [1.807, 2.05) is 0 Å². The fourth-order valence-corrected chi connectivity index (χ4v) is 2.96. The van der Waals surface area contributed by atoms with Crippen molar-refractivity contribution in [2.75, 3.05) is 14.1 Å². The van der Waals surface area contributed by atoms with Crippen LogP contribution in [-0.4, -0.2) is 19.0 Å². The Balaban J connectivity index is 3.05. The average molecular weight is 221 g/mol. The molecular formula is C15H27N. The summed E-state index contributed by atoms with van der Waals surface area (Å²) in [6.07, 6.45) is 8.30. The molecule has 1 rings (SSSR count). The van der Waals surface area contributed by atoms with Gasteiger partial charge in [-0.15, -0.1) is 0 Å². The van der Waals surface area contributed by atoms with Crippen molar-refractivity contribution in [1.29, 1.82) is 0 Å². The lowest BCUT2D eigenvalue weighted by atomic mass is 9.68. The Morgan fingerprint density at radius 1 is 1.38 bits per heavy atom. The highest BCUT2D eigenvalue weighted by atomic mass is 15.0. The summed E-state index contributed by atoms with van der Waals surface area (Å²) in [4.78, 5) is 2.12. The number of allylic oxidation sites excluding steroid dienone is 3. The van der Waals surface area contributed by atoms with Gasteiger partial charge < -0.3 is 4.90 Å². The number of hydrogen-bond donors (Lipinski definition) is 0. The zero-order valence-corrected chi connectivity index (χ0v) is 11.8. The molecule has 1 aliphatic carbocycles. The fraction of sp³-hybridized carbons (Fsp3) is 0.733. The molecule has 1 heteroatoms. The minimum absolute atomic E-state index is 0.343. The lowest BCUT2D eigenvalue weighted by molar-refractivity contribution is 0.303. The summed E-state index contributed by atoms with van der Waals surface area (Å²) in [5.41, 5.74) is 3.57. The van der Waals surface area contributed by atoms with Crippen molar-refractivity contribution in [1.82, 2.24) is 4.90 Å². The molecule has 16 heavy (non-hydrogen) atoms. The van der Waals surface area contributed by atoms with E-state index in [4.69, 9.17) is 0 Å². The van der Waals surface area contributed by atoms with Crippen molar-refractivity contribution in [2.45, 2.75) is 47.0 Å². The Bertz CT molecular complexity index is 295. The molecular weight excluding hydrogens is 194 g/mol. The molecule has 1 aliphatic rings. The Hall–Kier alpha value is -0.720. The third-order valence-electron chi connectivity index (χ3n) is 3.53. The molecule has 0 spiro atoms. The van der Waals surface area contributed by atoms with Crippen LogP contribution in [0.3, 0.4) is 0 Å². The van der Waals surface area contributed by atoms with Crippen molar-refractivity contribution in [2.24, 2.45) is 11.3 Å². The minimum atomic E-state index is 0.343. The standard InChI is InChI=1S/C15H27N/c1-7-13-10-12(2)11-15(3,4)14(13)8-9-16(5)6/h8-9,12H,7,10-11H2,1-6H3. The van der Waals surface area contributed by atoms with Gasteiger partial charge in [0.15, 0.2) is 0 Å². The first-order valence-electron chi connectivity index (χ1n) is 6.44. The van der Waals surface area contributed by atoms with Gasteiger partial charge in [-0.1, -0.05) is 33.3 Å². The van der Waals surface area contributed by atoms with Gasteiger partial charge in [0.05, 0.1) is 0 Å². The van der Waals surface area contributed by atoms with Crippen LogP contribution in [0.4, 0.5) is 0 Å². The first kappa shape index (κ1) is 13.3. The number of hydrogen-bond acceptors (Lipinski definition) is 1. The Labute approximate surface area is 101 Å². The maximum absolute atomic E-state index is 2.38. The molecule has 0 fully saturated rings. The maximum atomic E-state index is 2.38. The molecule has 0 aromatic rings. The highest BCUT2D eigenvalue weighted by Gasteiger charge is 2.31. The van der Waals surface area contributed by atoms with Gasteiger partial charge in [-0.05, 0) is 48.4 Å². The van der Waals surface area contributed by atoms with E-state index in [9.17, 15) is 0 Å². The molecule has 1 atom stereocenters. The molecule has 0 aromatic heterocycles. The predicted molar refractivity (Wildman–Crippen MR) is 72.3 cm³/mol. The Kier molecular flexibility index (Phi) is 4.23. The summed E-state index contributed by atoms with van der Waals surface area (Å²) < 4.78 is 0. The molecule has 0 amide bonds. The predicted octanol–water partition coefficient (Wildman–Crippen LogP) is 4.22. The molecule has 92 valence electrons. The maximum Gasteiger partial charge on any atom is 0.00556 e. The van der Waals surface area contributed by atoms with Crippen LogP contribution in [0.15, 0.2) is 23.4 Å². The van der Waals surface area contributed by atoms with Gasteiger partial charge in [-0.2, -0.15) is 0 Å². The van der Waals surface area contributed by atoms with Crippen molar-refractivity contribution >= 4 is 0 Å². The zero-order valence-electron chi connectivity index (χ0n) is 11.8.